The van der Waals surface area contributed by atoms with Crippen LogP contribution >= 0.6 is 0 Å². The molecule has 4 heteroatoms. The number of imidazole rings is 1. The minimum absolute atomic E-state index is 0.334. The van der Waals surface area contributed by atoms with E-state index < -0.39 is 0 Å². The summed E-state index contributed by atoms with van der Waals surface area (Å²) in [6, 6.07) is 0.698. The fourth-order valence-electron chi connectivity index (χ4n) is 3.30. The number of hydrogen-bond acceptors (Lipinski definition) is 3. The maximum absolute atomic E-state index is 4.11. The lowest BCUT2D eigenvalue weighted by atomic mass is 9.88. The molecule has 1 atom stereocenters. The molecule has 1 N–H and O–H groups in total. The van der Waals surface area contributed by atoms with Gasteiger partial charge in [-0.2, -0.15) is 0 Å². The molecule has 2 rings (SSSR count). The van der Waals surface area contributed by atoms with Gasteiger partial charge >= 0.3 is 0 Å². The van der Waals surface area contributed by atoms with Gasteiger partial charge in [0.2, 0.25) is 0 Å². The average molecular weight is 278 g/mol. The molecular weight excluding hydrogens is 248 g/mol. The summed E-state index contributed by atoms with van der Waals surface area (Å²) in [5, 5.41) is 3.81. The van der Waals surface area contributed by atoms with Gasteiger partial charge in [0.25, 0.3) is 0 Å². The first kappa shape index (κ1) is 15.5. The molecular formula is C16H30N4. The molecule has 2 heterocycles. The third-order valence-electron chi connectivity index (χ3n) is 4.98. The normalized spacial score (nSPS) is 23.1. The Morgan fingerprint density at radius 2 is 2.05 bits per heavy atom. The summed E-state index contributed by atoms with van der Waals surface area (Å²) >= 11 is 0. The largest absolute Gasteiger partial charge is 0.337 e. The summed E-state index contributed by atoms with van der Waals surface area (Å²) in [5.41, 5.74) is 0.334. The maximum Gasteiger partial charge on any atom is 0.0945 e. The van der Waals surface area contributed by atoms with Crippen molar-refractivity contribution in [3.05, 3.63) is 18.7 Å². The second kappa shape index (κ2) is 7.23. The van der Waals surface area contributed by atoms with Gasteiger partial charge in [0.05, 0.1) is 6.33 Å². The zero-order valence-electron chi connectivity index (χ0n) is 13.3. The van der Waals surface area contributed by atoms with Crippen LogP contribution in [0.1, 0.15) is 46.5 Å². The van der Waals surface area contributed by atoms with Gasteiger partial charge in [-0.25, -0.2) is 4.98 Å². The summed E-state index contributed by atoms with van der Waals surface area (Å²) in [6.07, 6.45) is 10.7. The molecule has 0 radical (unpaired) electrons. The van der Waals surface area contributed by atoms with Crippen molar-refractivity contribution >= 4 is 0 Å². The molecule has 1 aromatic rings. The lowest BCUT2D eigenvalue weighted by molar-refractivity contribution is 0.0687. The van der Waals surface area contributed by atoms with Crippen LogP contribution in [0, 0.1) is 0 Å². The van der Waals surface area contributed by atoms with Gasteiger partial charge in [0.1, 0.15) is 0 Å². The number of aryl methyl sites for hydroxylation is 1. The van der Waals surface area contributed by atoms with Crippen molar-refractivity contribution in [3.63, 3.8) is 0 Å². The Bertz CT molecular complexity index is 370. The molecule has 114 valence electrons. The molecule has 0 bridgehead atoms. The molecule has 0 spiro atoms. The van der Waals surface area contributed by atoms with E-state index in [-0.39, 0.29) is 0 Å². The van der Waals surface area contributed by atoms with Crippen LogP contribution in [0.25, 0.3) is 0 Å². The molecule has 0 aliphatic carbocycles. The highest BCUT2D eigenvalue weighted by molar-refractivity contribution is 4.96. The fourth-order valence-corrected chi connectivity index (χ4v) is 3.30. The van der Waals surface area contributed by atoms with Gasteiger partial charge in [0, 0.05) is 50.2 Å². The van der Waals surface area contributed by atoms with Gasteiger partial charge in [0.15, 0.2) is 0 Å². The number of rotatable bonds is 7. The highest BCUT2D eigenvalue weighted by Gasteiger charge is 2.35. The van der Waals surface area contributed by atoms with Crippen LogP contribution in [0.2, 0.25) is 0 Å². The number of piperazine rings is 1. The monoisotopic (exact) mass is 278 g/mol. The highest BCUT2D eigenvalue weighted by Crippen LogP contribution is 2.24. The van der Waals surface area contributed by atoms with E-state index in [1.807, 2.05) is 12.5 Å². The van der Waals surface area contributed by atoms with E-state index in [0.29, 0.717) is 11.6 Å². The zero-order valence-corrected chi connectivity index (χ0v) is 13.3. The van der Waals surface area contributed by atoms with Crippen LogP contribution in [-0.4, -0.2) is 45.7 Å². The topological polar surface area (TPSA) is 33.1 Å². The van der Waals surface area contributed by atoms with E-state index in [1.54, 1.807) is 0 Å². The van der Waals surface area contributed by atoms with E-state index in [9.17, 15) is 0 Å². The van der Waals surface area contributed by atoms with Crippen molar-refractivity contribution in [1.82, 2.24) is 19.8 Å². The first-order chi connectivity index (χ1) is 9.73. The van der Waals surface area contributed by atoms with Gasteiger partial charge in [-0.1, -0.05) is 20.8 Å². The van der Waals surface area contributed by atoms with Crippen molar-refractivity contribution in [2.24, 2.45) is 0 Å². The van der Waals surface area contributed by atoms with E-state index >= 15 is 0 Å². The first-order valence-electron chi connectivity index (χ1n) is 8.18. The summed E-state index contributed by atoms with van der Waals surface area (Å²) < 4.78 is 2.18. The minimum atomic E-state index is 0.334. The summed E-state index contributed by atoms with van der Waals surface area (Å²) in [5.74, 6) is 0. The zero-order chi connectivity index (χ0) is 14.4. The third kappa shape index (κ3) is 3.61. The molecule has 1 fully saturated rings. The minimum Gasteiger partial charge on any atom is -0.337 e. The molecule has 1 saturated heterocycles. The molecule has 1 unspecified atom stereocenters. The number of nitrogens with zero attached hydrogens (tertiary/aromatic N) is 3. The first-order valence-corrected chi connectivity index (χ1v) is 8.18. The van der Waals surface area contributed by atoms with Gasteiger partial charge in [-0.15, -0.1) is 0 Å². The van der Waals surface area contributed by atoms with Crippen LogP contribution in [0.3, 0.4) is 0 Å². The van der Waals surface area contributed by atoms with Crippen molar-refractivity contribution < 1.29 is 0 Å². The average Bonchev–Trinajstić information content (AvgIpc) is 3.00. The van der Waals surface area contributed by atoms with E-state index in [2.05, 4.69) is 46.7 Å². The Hall–Kier alpha value is -0.870. The number of nitrogens with one attached hydrogen (secondary N) is 1. The molecule has 0 aromatic carbocycles. The summed E-state index contributed by atoms with van der Waals surface area (Å²) in [7, 11) is 0. The van der Waals surface area contributed by atoms with Crippen molar-refractivity contribution in [2.45, 2.75) is 64.6 Å². The van der Waals surface area contributed by atoms with E-state index in [1.165, 1.54) is 38.8 Å². The van der Waals surface area contributed by atoms with E-state index in [0.717, 1.165) is 13.1 Å². The maximum atomic E-state index is 4.11. The van der Waals surface area contributed by atoms with Crippen LogP contribution < -0.4 is 5.32 Å². The summed E-state index contributed by atoms with van der Waals surface area (Å²) in [4.78, 5) is 6.82. The number of hydrogen-bond donors (Lipinski definition) is 1. The Balaban J connectivity index is 1.88. The smallest absolute Gasteiger partial charge is 0.0945 e. The lowest BCUT2D eigenvalue weighted by Gasteiger charge is -2.47. The molecule has 0 amide bonds. The standard InChI is InChI=1S/C16H30N4/c1-4-15-12-18-16(5-2,6-3)13-20(15)10-7-9-19-11-8-17-14-19/h8,11,14-15,18H,4-7,9-10,12-13H2,1-3H3. The molecule has 1 aromatic heterocycles. The molecule has 20 heavy (non-hydrogen) atoms. The van der Waals surface area contributed by atoms with Crippen LogP contribution in [0.4, 0.5) is 0 Å². The van der Waals surface area contributed by atoms with E-state index in [4.69, 9.17) is 0 Å². The molecule has 1 aliphatic heterocycles. The Kier molecular flexibility index (Phi) is 5.61. The van der Waals surface area contributed by atoms with Crippen molar-refractivity contribution in [1.29, 1.82) is 0 Å². The highest BCUT2D eigenvalue weighted by atomic mass is 15.3. The van der Waals surface area contributed by atoms with Crippen LogP contribution in [0.15, 0.2) is 18.7 Å². The predicted octanol–water partition coefficient (Wildman–Crippen LogP) is 2.52. The molecule has 4 nitrogen and oxygen atoms in total. The Labute approximate surface area is 123 Å². The second-order valence-corrected chi connectivity index (χ2v) is 6.05. The second-order valence-electron chi connectivity index (χ2n) is 6.05. The van der Waals surface area contributed by atoms with Crippen LogP contribution in [0.5, 0.6) is 0 Å². The molecule has 1 aliphatic rings. The van der Waals surface area contributed by atoms with Gasteiger partial charge in [-0.3, -0.25) is 4.90 Å². The third-order valence-corrected chi connectivity index (χ3v) is 4.98. The van der Waals surface area contributed by atoms with Crippen molar-refractivity contribution in [2.75, 3.05) is 19.6 Å². The molecule has 0 saturated carbocycles. The van der Waals surface area contributed by atoms with Gasteiger partial charge in [-0.05, 0) is 25.7 Å². The van der Waals surface area contributed by atoms with Crippen LogP contribution in [-0.2, 0) is 6.54 Å². The SMILES string of the molecule is CCC1CNC(CC)(CC)CN1CCCn1ccnc1. The fraction of sp³-hybridized carbons (Fsp3) is 0.812. The quantitative estimate of drug-likeness (QED) is 0.832. The van der Waals surface area contributed by atoms with Crippen molar-refractivity contribution in [3.8, 4) is 0 Å². The van der Waals surface area contributed by atoms with Gasteiger partial charge < -0.3 is 9.88 Å². The number of aromatic nitrogens is 2. The lowest BCUT2D eigenvalue weighted by Crippen LogP contribution is -2.63. The Morgan fingerprint density at radius 1 is 1.25 bits per heavy atom. The summed E-state index contributed by atoms with van der Waals surface area (Å²) in [6.45, 7) is 11.5. The predicted molar refractivity (Wildman–Crippen MR) is 83.8 cm³/mol. The Morgan fingerprint density at radius 3 is 2.65 bits per heavy atom.